The number of hydrogen-bond acceptors (Lipinski definition) is 5. The van der Waals surface area contributed by atoms with E-state index in [1.807, 2.05) is 16.8 Å². The van der Waals surface area contributed by atoms with Gasteiger partial charge in [0.05, 0.1) is 0 Å². The van der Waals surface area contributed by atoms with E-state index in [2.05, 4.69) is 10.3 Å². The van der Waals surface area contributed by atoms with Gasteiger partial charge >= 0.3 is 5.97 Å². The summed E-state index contributed by atoms with van der Waals surface area (Å²) >= 11 is 2.92. The maximum Gasteiger partial charge on any atom is 0.326 e. The van der Waals surface area contributed by atoms with Crippen molar-refractivity contribution in [3.63, 3.8) is 0 Å². The molecule has 0 aromatic carbocycles. The minimum absolute atomic E-state index is 0.247. The molecular formula is C14H16N2O3S2. The SMILES string of the molecule is CC(C)(C)[C@H](NC(=O)c1csc(-c2ccsc2)n1)C(=O)O. The number of rotatable bonds is 4. The summed E-state index contributed by atoms with van der Waals surface area (Å²) in [5, 5.41) is 18.1. The van der Waals surface area contributed by atoms with Crippen molar-refractivity contribution >= 4 is 34.6 Å². The van der Waals surface area contributed by atoms with E-state index in [9.17, 15) is 14.7 Å². The van der Waals surface area contributed by atoms with Gasteiger partial charge in [-0.15, -0.1) is 11.3 Å². The number of thiophene rings is 1. The Morgan fingerprint density at radius 2 is 2.05 bits per heavy atom. The van der Waals surface area contributed by atoms with E-state index in [0.717, 1.165) is 10.6 Å². The fraction of sp³-hybridized carbons (Fsp3) is 0.357. The molecule has 21 heavy (non-hydrogen) atoms. The molecule has 0 aliphatic heterocycles. The third-order valence-electron chi connectivity index (χ3n) is 2.89. The maximum absolute atomic E-state index is 12.2. The molecular weight excluding hydrogens is 308 g/mol. The number of carbonyl (C=O) groups excluding carboxylic acids is 1. The predicted molar refractivity (Wildman–Crippen MR) is 83.8 cm³/mol. The van der Waals surface area contributed by atoms with Gasteiger partial charge in [0.25, 0.3) is 5.91 Å². The lowest BCUT2D eigenvalue weighted by Crippen LogP contribution is -2.49. The normalized spacial score (nSPS) is 12.9. The molecule has 0 radical (unpaired) electrons. The first-order chi connectivity index (χ1) is 9.79. The molecule has 2 N–H and O–H groups in total. The Kier molecular flexibility index (Phi) is 4.43. The number of nitrogens with one attached hydrogen (secondary N) is 1. The van der Waals surface area contributed by atoms with Gasteiger partial charge in [0, 0.05) is 16.3 Å². The van der Waals surface area contributed by atoms with Gasteiger partial charge in [-0.25, -0.2) is 9.78 Å². The minimum atomic E-state index is -1.05. The number of carbonyl (C=O) groups is 2. The maximum atomic E-state index is 12.2. The molecule has 0 saturated carbocycles. The standard InChI is InChI=1S/C14H16N2O3S2/c1-14(2,3)10(13(18)19)16-11(17)9-7-21-12(15-9)8-4-5-20-6-8/h4-7,10H,1-3H3,(H,16,17)(H,18,19)/t10-/m1/s1. The average Bonchev–Trinajstić information content (AvgIpc) is 3.03. The minimum Gasteiger partial charge on any atom is -0.480 e. The molecule has 2 aromatic rings. The zero-order valence-electron chi connectivity index (χ0n) is 11.9. The number of carboxylic acids is 1. The van der Waals surface area contributed by atoms with Crippen molar-refractivity contribution in [1.82, 2.24) is 10.3 Å². The molecule has 1 amide bonds. The van der Waals surface area contributed by atoms with E-state index in [1.165, 1.54) is 11.3 Å². The Morgan fingerprint density at radius 1 is 1.33 bits per heavy atom. The van der Waals surface area contributed by atoms with Crippen LogP contribution in [0.3, 0.4) is 0 Å². The molecule has 2 heterocycles. The summed E-state index contributed by atoms with van der Waals surface area (Å²) in [5.41, 5.74) is 0.639. The highest BCUT2D eigenvalue weighted by Crippen LogP contribution is 2.26. The van der Waals surface area contributed by atoms with Crippen LogP contribution in [-0.4, -0.2) is 28.0 Å². The number of aromatic nitrogens is 1. The molecule has 2 aromatic heterocycles. The number of carboxylic acid groups (broad SMARTS) is 1. The van der Waals surface area contributed by atoms with Crippen LogP contribution in [0.4, 0.5) is 0 Å². The van der Waals surface area contributed by atoms with Gasteiger partial charge in [0.15, 0.2) is 0 Å². The van der Waals surface area contributed by atoms with E-state index >= 15 is 0 Å². The summed E-state index contributed by atoms with van der Waals surface area (Å²) in [4.78, 5) is 27.7. The highest BCUT2D eigenvalue weighted by molar-refractivity contribution is 7.14. The predicted octanol–water partition coefficient (Wildman–Crippen LogP) is 3.10. The van der Waals surface area contributed by atoms with Crippen LogP contribution in [-0.2, 0) is 4.79 Å². The zero-order chi connectivity index (χ0) is 15.6. The molecule has 0 bridgehead atoms. The van der Waals surface area contributed by atoms with Gasteiger partial charge in [0.1, 0.15) is 16.7 Å². The molecule has 0 saturated heterocycles. The molecule has 0 aliphatic carbocycles. The van der Waals surface area contributed by atoms with E-state index in [-0.39, 0.29) is 5.69 Å². The molecule has 7 heteroatoms. The Balaban J connectivity index is 2.15. The van der Waals surface area contributed by atoms with Crippen LogP contribution >= 0.6 is 22.7 Å². The van der Waals surface area contributed by atoms with Crippen molar-refractivity contribution in [2.24, 2.45) is 5.41 Å². The molecule has 112 valence electrons. The molecule has 0 spiro atoms. The molecule has 0 aliphatic rings. The van der Waals surface area contributed by atoms with Gasteiger partial charge in [0.2, 0.25) is 0 Å². The van der Waals surface area contributed by atoms with Crippen LogP contribution < -0.4 is 5.32 Å². The van der Waals surface area contributed by atoms with Gasteiger partial charge in [-0.1, -0.05) is 20.8 Å². The van der Waals surface area contributed by atoms with Crippen LogP contribution in [0.15, 0.2) is 22.2 Å². The van der Waals surface area contributed by atoms with E-state index in [0.29, 0.717) is 0 Å². The number of thiazole rings is 1. The van der Waals surface area contributed by atoms with E-state index in [1.54, 1.807) is 37.5 Å². The Hall–Kier alpha value is -1.73. The molecule has 1 atom stereocenters. The van der Waals surface area contributed by atoms with Crippen molar-refractivity contribution < 1.29 is 14.7 Å². The third kappa shape index (κ3) is 3.68. The van der Waals surface area contributed by atoms with Crippen molar-refractivity contribution in [2.75, 3.05) is 0 Å². The van der Waals surface area contributed by atoms with Crippen molar-refractivity contribution in [1.29, 1.82) is 0 Å². The molecule has 2 rings (SSSR count). The first-order valence-electron chi connectivity index (χ1n) is 6.31. The number of amides is 1. The quantitative estimate of drug-likeness (QED) is 0.905. The van der Waals surface area contributed by atoms with Crippen molar-refractivity contribution in [3.8, 4) is 10.6 Å². The van der Waals surface area contributed by atoms with Crippen LogP contribution in [0.5, 0.6) is 0 Å². The number of hydrogen-bond donors (Lipinski definition) is 2. The topological polar surface area (TPSA) is 79.3 Å². The first kappa shape index (κ1) is 15.7. The van der Waals surface area contributed by atoms with Crippen LogP contribution in [0.25, 0.3) is 10.6 Å². The summed E-state index contributed by atoms with van der Waals surface area (Å²) in [6, 6.07) is 0.969. The van der Waals surface area contributed by atoms with Gasteiger partial charge in [-0.3, -0.25) is 4.79 Å². The number of aliphatic carboxylic acids is 1. The highest BCUT2D eigenvalue weighted by Gasteiger charge is 2.33. The molecule has 0 fully saturated rings. The molecule has 5 nitrogen and oxygen atoms in total. The Morgan fingerprint density at radius 3 is 2.57 bits per heavy atom. The summed E-state index contributed by atoms with van der Waals surface area (Å²) in [5.74, 6) is -1.51. The molecule has 0 unspecified atom stereocenters. The lowest BCUT2D eigenvalue weighted by atomic mass is 9.87. The monoisotopic (exact) mass is 324 g/mol. The smallest absolute Gasteiger partial charge is 0.326 e. The zero-order valence-corrected chi connectivity index (χ0v) is 13.5. The third-order valence-corrected chi connectivity index (χ3v) is 4.47. The van der Waals surface area contributed by atoms with Crippen LogP contribution in [0.1, 0.15) is 31.3 Å². The summed E-state index contributed by atoms with van der Waals surface area (Å²) in [6.07, 6.45) is 0. The van der Waals surface area contributed by atoms with Crippen LogP contribution in [0, 0.1) is 5.41 Å². The van der Waals surface area contributed by atoms with Crippen molar-refractivity contribution in [3.05, 3.63) is 27.9 Å². The summed E-state index contributed by atoms with van der Waals surface area (Å²) in [7, 11) is 0. The average molecular weight is 324 g/mol. The van der Waals surface area contributed by atoms with Gasteiger partial charge in [-0.05, 0) is 16.9 Å². The summed E-state index contributed by atoms with van der Waals surface area (Å²) in [6.45, 7) is 5.30. The van der Waals surface area contributed by atoms with Gasteiger partial charge in [-0.2, -0.15) is 11.3 Å². The Labute approximate surface area is 130 Å². The lowest BCUT2D eigenvalue weighted by Gasteiger charge is -2.27. The number of nitrogens with zero attached hydrogens (tertiary/aromatic N) is 1. The Bertz CT molecular complexity index is 641. The second-order valence-corrected chi connectivity index (χ2v) is 7.30. The highest BCUT2D eigenvalue weighted by atomic mass is 32.1. The lowest BCUT2D eigenvalue weighted by molar-refractivity contribution is -0.142. The second kappa shape index (κ2) is 5.95. The van der Waals surface area contributed by atoms with Gasteiger partial charge < -0.3 is 10.4 Å². The summed E-state index contributed by atoms with van der Waals surface area (Å²) < 4.78 is 0. The fourth-order valence-corrected chi connectivity index (χ4v) is 3.26. The second-order valence-electron chi connectivity index (χ2n) is 5.66. The largest absolute Gasteiger partial charge is 0.480 e. The van der Waals surface area contributed by atoms with Crippen LogP contribution in [0.2, 0.25) is 0 Å². The van der Waals surface area contributed by atoms with E-state index < -0.39 is 23.3 Å². The first-order valence-corrected chi connectivity index (χ1v) is 8.13. The van der Waals surface area contributed by atoms with Crippen molar-refractivity contribution in [2.45, 2.75) is 26.8 Å². The van der Waals surface area contributed by atoms with E-state index in [4.69, 9.17) is 0 Å². The fourth-order valence-electron chi connectivity index (χ4n) is 1.75.